The van der Waals surface area contributed by atoms with Gasteiger partial charge in [-0.2, -0.15) is 4.31 Å². The zero-order valence-corrected chi connectivity index (χ0v) is 13.7. The fourth-order valence-corrected chi connectivity index (χ4v) is 4.27. The molecule has 112 valence electrons. The van der Waals surface area contributed by atoms with Crippen LogP contribution in [0.2, 0.25) is 0 Å². The summed E-state index contributed by atoms with van der Waals surface area (Å²) in [5, 5.41) is 0. The first-order valence-electron chi connectivity index (χ1n) is 6.53. The summed E-state index contributed by atoms with van der Waals surface area (Å²) in [6.07, 6.45) is 1.59. The molecule has 0 radical (unpaired) electrons. The number of benzene rings is 1. The van der Waals surface area contributed by atoms with Crippen molar-refractivity contribution in [2.75, 3.05) is 12.3 Å². The van der Waals surface area contributed by atoms with Gasteiger partial charge in [-0.1, -0.05) is 18.2 Å². The fourth-order valence-electron chi connectivity index (χ4n) is 2.11. The maximum atomic E-state index is 13.0. The van der Waals surface area contributed by atoms with Gasteiger partial charge in [-0.15, -0.1) is 6.58 Å². The third-order valence-corrected chi connectivity index (χ3v) is 5.54. The van der Waals surface area contributed by atoms with Crippen molar-refractivity contribution in [1.29, 1.82) is 0 Å². The lowest BCUT2D eigenvalue weighted by Gasteiger charge is -2.34. The van der Waals surface area contributed by atoms with Crippen LogP contribution in [-0.2, 0) is 10.0 Å². The molecule has 0 heterocycles. The number of hydrogen-bond acceptors (Lipinski definition) is 3. The van der Waals surface area contributed by atoms with Crippen LogP contribution in [0.3, 0.4) is 0 Å². The van der Waals surface area contributed by atoms with E-state index < -0.39 is 15.6 Å². The predicted molar refractivity (Wildman–Crippen MR) is 84.2 cm³/mol. The van der Waals surface area contributed by atoms with E-state index in [0.717, 1.165) is 5.56 Å². The van der Waals surface area contributed by atoms with Crippen LogP contribution in [-0.4, -0.2) is 24.8 Å². The molecule has 1 rings (SSSR count). The van der Waals surface area contributed by atoms with E-state index in [9.17, 15) is 8.42 Å². The summed E-state index contributed by atoms with van der Waals surface area (Å²) in [6.45, 7) is 13.0. The molecule has 2 N–H and O–H groups in total. The van der Waals surface area contributed by atoms with Crippen LogP contribution in [0.25, 0.3) is 0 Å². The predicted octanol–water partition coefficient (Wildman–Crippen LogP) is 2.86. The van der Waals surface area contributed by atoms with E-state index in [1.165, 1.54) is 4.31 Å². The van der Waals surface area contributed by atoms with Gasteiger partial charge in [0.1, 0.15) is 4.90 Å². The SMILES string of the molecule is C=CCN(C(C)(C)C)S(=O)(=O)c1c(C)ccc(C)c1N. The Hall–Kier alpha value is -1.33. The summed E-state index contributed by atoms with van der Waals surface area (Å²) >= 11 is 0. The number of nitrogens with two attached hydrogens (primary N) is 1. The number of anilines is 1. The first-order valence-corrected chi connectivity index (χ1v) is 7.97. The molecule has 0 amide bonds. The van der Waals surface area contributed by atoms with Crippen LogP contribution in [0.15, 0.2) is 29.7 Å². The molecule has 0 unspecified atom stereocenters. The molecule has 5 heteroatoms. The van der Waals surface area contributed by atoms with Crippen molar-refractivity contribution in [3.63, 3.8) is 0 Å². The first kappa shape index (κ1) is 16.7. The number of nitrogens with zero attached hydrogens (tertiary/aromatic N) is 1. The number of rotatable bonds is 4. The molecule has 0 aliphatic rings. The van der Waals surface area contributed by atoms with E-state index in [-0.39, 0.29) is 11.4 Å². The van der Waals surface area contributed by atoms with Gasteiger partial charge in [-0.3, -0.25) is 0 Å². The molecule has 0 aliphatic carbocycles. The van der Waals surface area contributed by atoms with E-state index in [1.807, 2.05) is 33.8 Å². The number of nitrogen functional groups attached to an aromatic ring is 1. The van der Waals surface area contributed by atoms with Crippen LogP contribution in [0, 0.1) is 13.8 Å². The van der Waals surface area contributed by atoms with E-state index in [2.05, 4.69) is 6.58 Å². The molecular formula is C15H24N2O2S. The Balaban J connectivity index is 3.58. The van der Waals surface area contributed by atoms with Gasteiger partial charge < -0.3 is 5.73 Å². The zero-order valence-electron chi connectivity index (χ0n) is 12.9. The third kappa shape index (κ3) is 3.04. The number of aryl methyl sites for hydroxylation is 2. The minimum Gasteiger partial charge on any atom is -0.397 e. The van der Waals surface area contributed by atoms with E-state index >= 15 is 0 Å². The van der Waals surface area contributed by atoms with Crippen LogP contribution in [0.4, 0.5) is 5.69 Å². The normalized spacial score (nSPS) is 12.7. The highest BCUT2D eigenvalue weighted by Gasteiger charge is 2.35. The Labute approximate surface area is 122 Å². The van der Waals surface area contributed by atoms with E-state index in [4.69, 9.17) is 5.73 Å². The monoisotopic (exact) mass is 296 g/mol. The second-order valence-corrected chi connectivity index (χ2v) is 7.74. The second kappa shape index (κ2) is 5.58. The summed E-state index contributed by atoms with van der Waals surface area (Å²) in [5.74, 6) is 0. The topological polar surface area (TPSA) is 63.4 Å². The van der Waals surface area contributed by atoms with Crippen molar-refractivity contribution in [3.05, 3.63) is 35.9 Å². The standard InChI is InChI=1S/C15H24N2O2S/c1-7-10-17(15(4,5)6)20(18,19)14-12(3)9-8-11(2)13(14)16/h7-9H,1,10,16H2,2-6H3. The van der Waals surface area contributed by atoms with Gasteiger partial charge >= 0.3 is 0 Å². The highest BCUT2D eigenvalue weighted by Crippen LogP contribution is 2.32. The van der Waals surface area contributed by atoms with Gasteiger partial charge in [0.05, 0.1) is 5.69 Å². The fraction of sp³-hybridized carbons (Fsp3) is 0.467. The Morgan fingerprint density at radius 2 is 1.75 bits per heavy atom. The third-order valence-electron chi connectivity index (χ3n) is 3.20. The summed E-state index contributed by atoms with van der Waals surface area (Å²) < 4.78 is 27.3. The lowest BCUT2D eigenvalue weighted by Crippen LogP contribution is -2.45. The van der Waals surface area contributed by atoms with E-state index in [0.29, 0.717) is 11.3 Å². The maximum absolute atomic E-state index is 13.0. The molecule has 20 heavy (non-hydrogen) atoms. The second-order valence-electron chi connectivity index (χ2n) is 5.94. The van der Waals surface area contributed by atoms with E-state index in [1.54, 1.807) is 19.1 Å². The molecule has 0 aliphatic heterocycles. The smallest absolute Gasteiger partial charge is 0.246 e. The van der Waals surface area contributed by atoms with Crippen molar-refractivity contribution in [1.82, 2.24) is 4.31 Å². The molecule has 0 atom stereocenters. The molecule has 0 saturated carbocycles. The Morgan fingerprint density at radius 3 is 2.20 bits per heavy atom. The molecule has 0 fully saturated rings. The molecule has 1 aromatic carbocycles. The van der Waals surface area contributed by atoms with Gasteiger partial charge in [0.15, 0.2) is 0 Å². The van der Waals surface area contributed by atoms with Crippen LogP contribution in [0.1, 0.15) is 31.9 Å². The largest absolute Gasteiger partial charge is 0.397 e. The van der Waals surface area contributed by atoms with Gasteiger partial charge in [0.2, 0.25) is 10.0 Å². The highest BCUT2D eigenvalue weighted by molar-refractivity contribution is 7.89. The summed E-state index contributed by atoms with van der Waals surface area (Å²) in [7, 11) is -3.67. The first-order chi connectivity index (χ1) is 9.03. The van der Waals surface area contributed by atoms with Crippen molar-refractivity contribution in [2.45, 2.75) is 45.1 Å². The van der Waals surface area contributed by atoms with Crippen LogP contribution in [0.5, 0.6) is 0 Å². The van der Waals surface area contributed by atoms with Crippen molar-refractivity contribution >= 4 is 15.7 Å². The zero-order chi connectivity index (χ0) is 15.7. The minimum atomic E-state index is -3.67. The Bertz CT molecular complexity index is 613. The van der Waals surface area contributed by atoms with Crippen molar-refractivity contribution < 1.29 is 8.42 Å². The number of sulfonamides is 1. The Kier molecular flexibility index (Phi) is 4.66. The van der Waals surface area contributed by atoms with Gasteiger partial charge in [-0.05, 0) is 45.7 Å². The Morgan fingerprint density at radius 1 is 1.25 bits per heavy atom. The maximum Gasteiger partial charge on any atom is 0.246 e. The van der Waals surface area contributed by atoms with Crippen molar-refractivity contribution in [3.8, 4) is 0 Å². The lowest BCUT2D eigenvalue weighted by atomic mass is 10.1. The average molecular weight is 296 g/mol. The van der Waals surface area contributed by atoms with Gasteiger partial charge in [-0.25, -0.2) is 8.42 Å². The average Bonchev–Trinajstić information content (AvgIpc) is 2.29. The molecule has 4 nitrogen and oxygen atoms in total. The van der Waals surface area contributed by atoms with Crippen molar-refractivity contribution in [2.24, 2.45) is 0 Å². The van der Waals surface area contributed by atoms with Crippen LogP contribution < -0.4 is 5.73 Å². The quantitative estimate of drug-likeness (QED) is 0.686. The van der Waals surface area contributed by atoms with Gasteiger partial charge in [0, 0.05) is 12.1 Å². The molecule has 0 spiro atoms. The molecule has 0 bridgehead atoms. The molecule has 0 aromatic heterocycles. The van der Waals surface area contributed by atoms with Crippen LogP contribution >= 0.6 is 0 Å². The summed E-state index contributed by atoms with van der Waals surface area (Å²) in [6, 6.07) is 3.62. The summed E-state index contributed by atoms with van der Waals surface area (Å²) in [5.41, 5.74) is 7.22. The number of hydrogen-bond donors (Lipinski definition) is 1. The lowest BCUT2D eigenvalue weighted by molar-refractivity contribution is 0.270. The minimum absolute atomic E-state index is 0.203. The summed E-state index contributed by atoms with van der Waals surface area (Å²) in [4.78, 5) is 0.203. The highest BCUT2D eigenvalue weighted by atomic mass is 32.2. The molecular weight excluding hydrogens is 272 g/mol. The molecule has 1 aromatic rings. The molecule has 0 saturated heterocycles. The van der Waals surface area contributed by atoms with Gasteiger partial charge in [0.25, 0.3) is 0 Å².